The van der Waals surface area contributed by atoms with Crippen LogP contribution >= 0.6 is 0 Å². The van der Waals surface area contributed by atoms with Gasteiger partial charge < -0.3 is 19.3 Å². The molecular formula is C23H32F6O6. The summed E-state index contributed by atoms with van der Waals surface area (Å²) in [5.74, 6) is -8.20. The molecule has 7 unspecified atom stereocenters. The van der Waals surface area contributed by atoms with Crippen molar-refractivity contribution < 1.29 is 55.2 Å². The van der Waals surface area contributed by atoms with Gasteiger partial charge in [0.05, 0.1) is 5.41 Å². The summed E-state index contributed by atoms with van der Waals surface area (Å²) in [5, 5.41) is 10.8. The first kappa shape index (κ1) is 28.0. The highest BCUT2D eigenvalue weighted by atomic mass is 19.4. The van der Waals surface area contributed by atoms with Crippen LogP contribution in [0.25, 0.3) is 0 Å². The second-order valence-electron chi connectivity index (χ2n) is 11.8. The van der Waals surface area contributed by atoms with E-state index in [1.807, 2.05) is 34.6 Å². The highest BCUT2D eigenvalue weighted by Crippen LogP contribution is 2.60. The molecule has 2 saturated heterocycles. The number of hydrogen-bond donors (Lipinski definition) is 1. The topological polar surface area (TPSA) is 82.1 Å². The zero-order valence-electron chi connectivity index (χ0n) is 20.4. The summed E-state index contributed by atoms with van der Waals surface area (Å²) in [4.78, 5) is 26.0. The Morgan fingerprint density at radius 1 is 1.06 bits per heavy atom. The van der Waals surface area contributed by atoms with Crippen LogP contribution in [0.2, 0.25) is 0 Å². The predicted molar refractivity (Wildman–Crippen MR) is 108 cm³/mol. The first-order valence-corrected chi connectivity index (χ1v) is 11.6. The molecule has 2 saturated carbocycles. The SMILES string of the molecule is CC(C)C(C)(CC(C)(C)C)C(=O)OC1C2CC3CC(O)(OC31)C2C(=O)OC(C(F)(F)F)C(F)(F)F. The third kappa shape index (κ3) is 5.14. The quantitative estimate of drug-likeness (QED) is 0.403. The number of aliphatic hydroxyl groups is 1. The molecule has 4 aliphatic rings. The van der Waals surface area contributed by atoms with Crippen molar-refractivity contribution in [2.75, 3.05) is 0 Å². The van der Waals surface area contributed by atoms with Crippen molar-refractivity contribution in [3.8, 4) is 0 Å². The summed E-state index contributed by atoms with van der Waals surface area (Å²) < 4.78 is 93.0. The first-order chi connectivity index (χ1) is 15.6. The van der Waals surface area contributed by atoms with Gasteiger partial charge >= 0.3 is 24.3 Å². The Labute approximate surface area is 199 Å². The molecule has 35 heavy (non-hydrogen) atoms. The molecule has 4 fully saturated rings. The van der Waals surface area contributed by atoms with Crippen molar-refractivity contribution in [3.05, 3.63) is 0 Å². The Morgan fingerprint density at radius 3 is 2.06 bits per heavy atom. The molecule has 6 nitrogen and oxygen atoms in total. The van der Waals surface area contributed by atoms with E-state index in [1.165, 1.54) is 0 Å². The maximum Gasteiger partial charge on any atom is 0.434 e. The summed E-state index contributed by atoms with van der Waals surface area (Å²) >= 11 is 0. The third-order valence-electron chi connectivity index (χ3n) is 7.56. The van der Waals surface area contributed by atoms with Crippen molar-refractivity contribution in [2.24, 2.45) is 34.5 Å². The van der Waals surface area contributed by atoms with Gasteiger partial charge in [-0.25, -0.2) is 0 Å². The van der Waals surface area contributed by atoms with Crippen LogP contribution in [0, 0.1) is 34.5 Å². The van der Waals surface area contributed by atoms with E-state index in [1.54, 1.807) is 6.92 Å². The van der Waals surface area contributed by atoms with Crippen LogP contribution in [-0.2, 0) is 23.8 Å². The van der Waals surface area contributed by atoms with Crippen molar-refractivity contribution in [2.45, 2.75) is 97.3 Å². The Balaban J connectivity index is 1.86. The fourth-order valence-electron chi connectivity index (χ4n) is 5.91. The molecule has 0 radical (unpaired) electrons. The van der Waals surface area contributed by atoms with Crippen molar-refractivity contribution >= 4 is 11.9 Å². The molecule has 0 aromatic carbocycles. The minimum atomic E-state index is -5.90. The summed E-state index contributed by atoms with van der Waals surface area (Å²) in [7, 11) is 0. The summed E-state index contributed by atoms with van der Waals surface area (Å²) in [6, 6.07) is 0. The molecule has 7 atom stereocenters. The Kier molecular flexibility index (Phi) is 6.80. The van der Waals surface area contributed by atoms with E-state index in [2.05, 4.69) is 4.74 Å². The molecule has 0 aromatic rings. The van der Waals surface area contributed by atoms with Crippen LogP contribution in [0.1, 0.15) is 60.8 Å². The van der Waals surface area contributed by atoms with Crippen LogP contribution in [0.4, 0.5) is 26.3 Å². The summed E-state index contributed by atoms with van der Waals surface area (Å²) in [5.41, 5.74) is -1.21. The fourth-order valence-corrected chi connectivity index (χ4v) is 5.91. The Hall–Kier alpha value is -1.56. The van der Waals surface area contributed by atoms with Gasteiger partial charge in [-0.05, 0) is 37.0 Å². The molecule has 0 amide bonds. The second kappa shape index (κ2) is 8.49. The minimum Gasteiger partial charge on any atom is -0.459 e. The minimum absolute atomic E-state index is 0.130. The van der Waals surface area contributed by atoms with Gasteiger partial charge in [0.1, 0.15) is 18.1 Å². The van der Waals surface area contributed by atoms with Crippen LogP contribution in [0.15, 0.2) is 0 Å². The molecule has 202 valence electrons. The fraction of sp³-hybridized carbons (Fsp3) is 0.913. The van der Waals surface area contributed by atoms with Gasteiger partial charge in [0.25, 0.3) is 6.10 Å². The monoisotopic (exact) mass is 518 g/mol. The molecule has 2 heterocycles. The van der Waals surface area contributed by atoms with Crippen LogP contribution < -0.4 is 0 Å². The number of halogens is 6. The number of esters is 2. The van der Waals surface area contributed by atoms with Crippen LogP contribution in [0.3, 0.4) is 0 Å². The normalized spacial score (nSPS) is 34.4. The van der Waals surface area contributed by atoms with E-state index in [-0.39, 0.29) is 30.1 Å². The highest BCUT2D eigenvalue weighted by molar-refractivity contribution is 5.78. The second-order valence-corrected chi connectivity index (χ2v) is 11.8. The average molecular weight is 518 g/mol. The van der Waals surface area contributed by atoms with Gasteiger partial charge in [-0.15, -0.1) is 0 Å². The van der Waals surface area contributed by atoms with Gasteiger partial charge in [-0.2, -0.15) is 26.3 Å². The molecule has 2 aliphatic carbocycles. The first-order valence-electron chi connectivity index (χ1n) is 11.6. The van der Waals surface area contributed by atoms with Gasteiger partial charge in [0.15, 0.2) is 5.79 Å². The number of ether oxygens (including phenoxy) is 3. The lowest BCUT2D eigenvalue weighted by molar-refractivity contribution is -0.325. The van der Waals surface area contributed by atoms with Gasteiger partial charge in [-0.1, -0.05) is 34.6 Å². The van der Waals surface area contributed by atoms with Crippen molar-refractivity contribution in [3.63, 3.8) is 0 Å². The molecular weight excluding hydrogens is 486 g/mol. The molecule has 4 rings (SSSR count). The number of hydrogen-bond acceptors (Lipinski definition) is 6. The largest absolute Gasteiger partial charge is 0.459 e. The highest BCUT2D eigenvalue weighted by Gasteiger charge is 2.72. The van der Waals surface area contributed by atoms with Crippen molar-refractivity contribution in [1.82, 2.24) is 0 Å². The molecule has 2 aliphatic heterocycles. The summed E-state index contributed by atoms with van der Waals surface area (Å²) in [6.45, 7) is 11.3. The average Bonchev–Trinajstić information content (AvgIpc) is 3.03. The van der Waals surface area contributed by atoms with Crippen LogP contribution in [0.5, 0.6) is 0 Å². The van der Waals surface area contributed by atoms with Crippen molar-refractivity contribution in [1.29, 1.82) is 0 Å². The van der Waals surface area contributed by atoms with E-state index in [4.69, 9.17) is 9.47 Å². The molecule has 1 N–H and O–H groups in total. The maximum atomic E-state index is 13.3. The van der Waals surface area contributed by atoms with Gasteiger partial charge in [-0.3, -0.25) is 9.59 Å². The Bertz CT molecular complexity index is 835. The number of alkyl halides is 6. The zero-order valence-corrected chi connectivity index (χ0v) is 20.4. The molecule has 4 bridgehead atoms. The lowest BCUT2D eigenvalue weighted by Gasteiger charge is -2.45. The third-order valence-corrected chi connectivity index (χ3v) is 7.56. The number of carbonyl (C=O) groups excluding carboxylic acids is 2. The maximum absolute atomic E-state index is 13.3. The lowest BCUT2D eigenvalue weighted by atomic mass is 9.68. The smallest absolute Gasteiger partial charge is 0.434 e. The zero-order chi connectivity index (χ0) is 26.9. The standard InChI is InChI=1S/C23H32F6O6/c1-10(2)20(6,9-19(3,4)5)18(31)33-15-12-7-11-8-21(32,35-14(11)15)13(12)16(30)34-17(22(24,25)26)23(27,28)29/h10-15,17,32H,7-9H2,1-6H3. The van der Waals surface area contributed by atoms with Gasteiger partial charge in [0.2, 0.25) is 0 Å². The van der Waals surface area contributed by atoms with E-state index < -0.39 is 65.6 Å². The van der Waals surface area contributed by atoms with E-state index >= 15 is 0 Å². The predicted octanol–water partition coefficient (Wildman–Crippen LogP) is 4.78. The van der Waals surface area contributed by atoms with E-state index in [9.17, 15) is 41.0 Å². The molecule has 0 spiro atoms. The number of rotatable bonds is 6. The molecule has 0 aromatic heterocycles. The lowest BCUT2D eigenvalue weighted by Crippen LogP contribution is -2.58. The van der Waals surface area contributed by atoms with E-state index in [0.29, 0.717) is 6.42 Å². The number of carbonyl (C=O) groups is 2. The van der Waals surface area contributed by atoms with Gasteiger partial charge in [0, 0.05) is 12.3 Å². The van der Waals surface area contributed by atoms with Crippen LogP contribution in [-0.4, -0.2) is 53.5 Å². The Morgan fingerprint density at radius 2 is 1.60 bits per heavy atom. The molecule has 12 heteroatoms. The van der Waals surface area contributed by atoms with E-state index in [0.717, 1.165) is 0 Å². The summed E-state index contributed by atoms with van der Waals surface area (Å²) in [6.07, 6.45) is -17.7.